The van der Waals surface area contributed by atoms with E-state index in [1.807, 2.05) is 18.2 Å². The van der Waals surface area contributed by atoms with Crippen molar-refractivity contribution in [3.05, 3.63) is 24.4 Å². The summed E-state index contributed by atoms with van der Waals surface area (Å²) in [5.41, 5.74) is 1.95. The van der Waals surface area contributed by atoms with Crippen molar-refractivity contribution in [1.82, 2.24) is 20.4 Å². The van der Waals surface area contributed by atoms with Crippen molar-refractivity contribution < 1.29 is 4.74 Å². The minimum Gasteiger partial charge on any atom is -0.379 e. The lowest BCUT2D eigenvalue weighted by molar-refractivity contribution is 0.0389. The van der Waals surface area contributed by atoms with Gasteiger partial charge in [0, 0.05) is 37.3 Å². The zero-order chi connectivity index (χ0) is 14.5. The number of thiocarbonyl (C=S) groups is 1. The molecule has 3 rings (SSSR count). The summed E-state index contributed by atoms with van der Waals surface area (Å²) in [4.78, 5) is 2.37. The van der Waals surface area contributed by atoms with Crippen LogP contribution in [0.1, 0.15) is 0 Å². The van der Waals surface area contributed by atoms with Crippen LogP contribution >= 0.6 is 12.2 Å². The standard InChI is InChI=1S/C14H19N5OS/c21-14(15-3-4-19-5-7-20-8-6-19)17-12-2-1-11-10-16-18-13(11)9-12/h1-2,9-10H,3-8H2,(H,16,18)(H2,15,17,21). The minimum atomic E-state index is 0.641. The predicted molar refractivity (Wildman–Crippen MR) is 87.6 cm³/mol. The van der Waals surface area contributed by atoms with E-state index in [-0.39, 0.29) is 0 Å². The number of nitrogens with zero attached hydrogens (tertiary/aromatic N) is 2. The molecule has 0 spiro atoms. The first-order valence-corrected chi connectivity index (χ1v) is 7.50. The van der Waals surface area contributed by atoms with Gasteiger partial charge >= 0.3 is 0 Å². The van der Waals surface area contributed by atoms with Crippen LogP contribution in [-0.4, -0.2) is 59.6 Å². The van der Waals surface area contributed by atoms with Gasteiger partial charge in [0.25, 0.3) is 0 Å². The van der Waals surface area contributed by atoms with Crippen molar-refractivity contribution in [2.75, 3.05) is 44.7 Å². The van der Waals surface area contributed by atoms with Gasteiger partial charge in [0.05, 0.1) is 24.9 Å². The van der Waals surface area contributed by atoms with E-state index in [2.05, 4.69) is 25.7 Å². The summed E-state index contributed by atoms with van der Waals surface area (Å²) in [7, 11) is 0. The highest BCUT2D eigenvalue weighted by Gasteiger charge is 2.09. The first-order valence-electron chi connectivity index (χ1n) is 7.09. The van der Waals surface area contributed by atoms with Crippen molar-refractivity contribution in [3.63, 3.8) is 0 Å². The lowest BCUT2D eigenvalue weighted by atomic mass is 10.2. The molecule has 0 atom stereocenters. The monoisotopic (exact) mass is 305 g/mol. The third-order valence-electron chi connectivity index (χ3n) is 3.52. The Morgan fingerprint density at radius 2 is 2.24 bits per heavy atom. The number of nitrogens with one attached hydrogen (secondary N) is 3. The van der Waals surface area contributed by atoms with Crippen molar-refractivity contribution in [2.45, 2.75) is 0 Å². The largest absolute Gasteiger partial charge is 0.379 e. The number of benzene rings is 1. The predicted octanol–water partition coefficient (Wildman–Crippen LogP) is 1.18. The zero-order valence-corrected chi connectivity index (χ0v) is 12.6. The molecular formula is C14H19N5OS. The van der Waals surface area contributed by atoms with E-state index >= 15 is 0 Å². The van der Waals surface area contributed by atoms with Crippen LogP contribution < -0.4 is 10.6 Å². The number of ether oxygens (including phenoxy) is 1. The SMILES string of the molecule is S=C(NCCN1CCOCC1)Nc1ccc2cn[nH]c2c1. The molecule has 21 heavy (non-hydrogen) atoms. The first-order chi connectivity index (χ1) is 10.3. The Hall–Kier alpha value is -1.70. The molecule has 0 amide bonds. The average Bonchev–Trinajstić information content (AvgIpc) is 2.96. The number of anilines is 1. The molecule has 0 aliphatic carbocycles. The number of rotatable bonds is 4. The summed E-state index contributed by atoms with van der Waals surface area (Å²) in [6, 6.07) is 6.00. The molecule has 0 saturated carbocycles. The third kappa shape index (κ3) is 3.90. The van der Waals surface area contributed by atoms with E-state index < -0.39 is 0 Å². The molecule has 1 aliphatic heterocycles. The Kier molecular flexibility index (Phi) is 4.64. The molecule has 2 aromatic rings. The normalized spacial score (nSPS) is 16.0. The highest BCUT2D eigenvalue weighted by molar-refractivity contribution is 7.80. The molecule has 0 radical (unpaired) electrons. The summed E-state index contributed by atoms with van der Waals surface area (Å²) in [5.74, 6) is 0. The zero-order valence-electron chi connectivity index (χ0n) is 11.8. The van der Waals surface area contributed by atoms with Gasteiger partial charge in [0.1, 0.15) is 0 Å². The lowest BCUT2D eigenvalue weighted by Crippen LogP contribution is -2.42. The van der Waals surface area contributed by atoms with Crippen LogP contribution in [0.15, 0.2) is 24.4 Å². The van der Waals surface area contributed by atoms with Gasteiger partial charge in [-0.05, 0) is 30.4 Å². The molecule has 0 unspecified atom stereocenters. The molecule has 112 valence electrons. The first kappa shape index (κ1) is 14.2. The lowest BCUT2D eigenvalue weighted by Gasteiger charge is -2.26. The molecule has 1 fully saturated rings. The number of fused-ring (bicyclic) bond motifs is 1. The number of hydrogen-bond donors (Lipinski definition) is 3. The maximum Gasteiger partial charge on any atom is 0.170 e. The number of aromatic amines is 1. The topological polar surface area (TPSA) is 65.2 Å². The van der Waals surface area contributed by atoms with Crippen molar-refractivity contribution in [3.8, 4) is 0 Å². The average molecular weight is 305 g/mol. The van der Waals surface area contributed by atoms with Crippen LogP contribution in [0.5, 0.6) is 0 Å². The van der Waals surface area contributed by atoms with Gasteiger partial charge in [-0.25, -0.2) is 0 Å². The molecule has 3 N–H and O–H groups in total. The van der Waals surface area contributed by atoms with E-state index in [0.29, 0.717) is 5.11 Å². The summed E-state index contributed by atoms with van der Waals surface area (Å²) < 4.78 is 5.33. The van der Waals surface area contributed by atoms with Gasteiger partial charge in [-0.15, -0.1) is 0 Å². The van der Waals surface area contributed by atoms with Gasteiger partial charge in [-0.1, -0.05) is 0 Å². The van der Waals surface area contributed by atoms with E-state index in [1.54, 1.807) is 6.20 Å². The van der Waals surface area contributed by atoms with Crippen LogP contribution in [0.4, 0.5) is 5.69 Å². The van der Waals surface area contributed by atoms with Crippen LogP contribution in [0.3, 0.4) is 0 Å². The van der Waals surface area contributed by atoms with Gasteiger partial charge in [0.15, 0.2) is 5.11 Å². The van der Waals surface area contributed by atoms with Crippen LogP contribution in [-0.2, 0) is 4.74 Å². The van der Waals surface area contributed by atoms with E-state index in [9.17, 15) is 0 Å². The molecule has 1 aromatic heterocycles. The maximum atomic E-state index is 5.33. The van der Waals surface area contributed by atoms with Crippen LogP contribution in [0, 0.1) is 0 Å². The highest BCUT2D eigenvalue weighted by atomic mass is 32.1. The van der Waals surface area contributed by atoms with Crippen LogP contribution in [0.25, 0.3) is 10.9 Å². The van der Waals surface area contributed by atoms with E-state index in [4.69, 9.17) is 17.0 Å². The molecule has 2 heterocycles. The van der Waals surface area contributed by atoms with Gasteiger partial charge in [0.2, 0.25) is 0 Å². The van der Waals surface area contributed by atoms with Gasteiger partial charge in [-0.2, -0.15) is 5.10 Å². The van der Waals surface area contributed by atoms with Crippen molar-refractivity contribution in [1.29, 1.82) is 0 Å². The third-order valence-corrected chi connectivity index (χ3v) is 3.76. The molecule has 1 saturated heterocycles. The fourth-order valence-corrected chi connectivity index (χ4v) is 2.56. The Bertz CT molecular complexity index is 608. The Morgan fingerprint density at radius 3 is 3.10 bits per heavy atom. The van der Waals surface area contributed by atoms with E-state index in [1.165, 1.54) is 0 Å². The number of hydrogen-bond acceptors (Lipinski definition) is 4. The maximum absolute atomic E-state index is 5.33. The molecule has 7 heteroatoms. The number of aromatic nitrogens is 2. The molecule has 1 aliphatic rings. The summed E-state index contributed by atoms with van der Waals surface area (Å²) >= 11 is 5.31. The fraction of sp³-hybridized carbons (Fsp3) is 0.429. The second kappa shape index (κ2) is 6.84. The van der Waals surface area contributed by atoms with Gasteiger partial charge in [-0.3, -0.25) is 10.00 Å². The molecular weight excluding hydrogens is 286 g/mol. The summed E-state index contributed by atoms with van der Waals surface area (Å²) in [6.07, 6.45) is 1.80. The minimum absolute atomic E-state index is 0.641. The molecule has 6 nitrogen and oxygen atoms in total. The second-order valence-electron chi connectivity index (χ2n) is 5.01. The number of morpholine rings is 1. The number of H-pyrrole nitrogens is 1. The highest BCUT2D eigenvalue weighted by Crippen LogP contribution is 2.16. The second-order valence-corrected chi connectivity index (χ2v) is 5.42. The quantitative estimate of drug-likeness (QED) is 0.737. The molecule has 1 aromatic carbocycles. The smallest absolute Gasteiger partial charge is 0.170 e. The Balaban J connectivity index is 1.44. The Morgan fingerprint density at radius 1 is 1.38 bits per heavy atom. The molecule has 0 bridgehead atoms. The van der Waals surface area contributed by atoms with Gasteiger partial charge < -0.3 is 15.4 Å². The van der Waals surface area contributed by atoms with Crippen molar-refractivity contribution in [2.24, 2.45) is 0 Å². The Labute approximate surface area is 128 Å². The van der Waals surface area contributed by atoms with Crippen LogP contribution in [0.2, 0.25) is 0 Å². The summed E-state index contributed by atoms with van der Waals surface area (Å²) in [5, 5.41) is 15.1. The van der Waals surface area contributed by atoms with E-state index in [0.717, 1.165) is 56.0 Å². The fourth-order valence-electron chi connectivity index (χ4n) is 2.34. The van der Waals surface area contributed by atoms with Crippen molar-refractivity contribution >= 4 is 33.9 Å². The summed E-state index contributed by atoms with van der Waals surface area (Å²) in [6.45, 7) is 5.46.